The Balaban J connectivity index is 1.60. The molecule has 0 fully saturated rings. The summed E-state index contributed by atoms with van der Waals surface area (Å²) in [5.41, 5.74) is 4.69. The molecule has 220 valence electrons. The van der Waals surface area contributed by atoms with Gasteiger partial charge in [-0.3, -0.25) is 10.1 Å². The quantitative estimate of drug-likeness (QED) is 0.0636. The van der Waals surface area contributed by atoms with E-state index in [0.717, 1.165) is 24.2 Å². The number of nitrogens with zero attached hydrogens (tertiary/aromatic N) is 2. The van der Waals surface area contributed by atoms with Crippen LogP contribution >= 0.6 is 0 Å². The van der Waals surface area contributed by atoms with Gasteiger partial charge >= 0.3 is 5.69 Å². The minimum absolute atomic E-state index is 0.509. The van der Waals surface area contributed by atoms with Crippen LogP contribution in [-0.2, 0) is 0 Å². The zero-order chi connectivity index (χ0) is 29.3. The Morgan fingerprint density at radius 2 is 1.12 bits per heavy atom. The van der Waals surface area contributed by atoms with Gasteiger partial charge in [-0.1, -0.05) is 127 Å². The number of hydrogen-bond donors (Lipinski definition) is 0. The maximum atomic E-state index is 13.9. The molecular formula is C36H47FN2O2. The molecule has 3 rings (SSSR count). The summed E-state index contributed by atoms with van der Waals surface area (Å²) in [6.07, 6.45) is 19.4. The van der Waals surface area contributed by atoms with E-state index < -0.39 is 16.4 Å². The molecule has 3 aromatic rings. The molecule has 0 aliphatic heterocycles. The minimum Gasteiger partial charge on any atom is -0.372 e. The lowest BCUT2D eigenvalue weighted by atomic mass is 10.0. The van der Waals surface area contributed by atoms with Gasteiger partial charge in [0.15, 0.2) is 0 Å². The standard InChI is InChI=1S/C36H47FN2O2/c1-3-5-7-9-11-13-27-38(28-14-12-10-8-6-4-2)34-24-22-33(23-25-34)32-20-17-30(18-21-32)15-16-31-19-26-36(39(40)41)35(37)29-31/h15-26,29H,3-14,27-28H2,1-2H3/b16-15+. The van der Waals surface area contributed by atoms with Crippen LogP contribution in [0.15, 0.2) is 66.7 Å². The maximum Gasteiger partial charge on any atom is 0.304 e. The summed E-state index contributed by atoms with van der Waals surface area (Å²) >= 11 is 0. The second kappa shape index (κ2) is 18.1. The zero-order valence-electron chi connectivity index (χ0n) is 25.0. The first-order valence-electron chi connectivity index (χ1n) is 15.6. The van der Waals surface area contributed by atoms with Gasteiger partial charge in [-0.25, -0.2) is 0 Å². The van der Waals surface area contributed by atoms with Crippen molar-refractivity contribution in [2.45, 2.75) is 90.9 Å². The molecule has 0 spiro atoms. The average Bonchev–Trinajstić information content (AvgIpc) is 2.98. The number of nitro groups is 1. The van der Waals surface area contributed by atoms with Crippen molar-refractivity contribution in [2.24, 2.45) is 0 Å². The Morgan fingerprint density at radius 1 is 0.659 bits per heavy atom. The molecule has 0 N–H and O–H groups in total. The van der Waals surface area contributed by atoms with Crippen molar-refractivity contribution < 1.29 is 9.31 Å². The average molecular weight is 559 g/mol. The third-order valence-corrected chi connectivity index (χ3v) is 7.68. The van der Waals surface area contributed by atoms with Crippen molar-refractivity contribution in [3.8, 4) is 11.1 Å². The fourth-order valence-corrected chi connectivity index (χ4v) is 5.15. The van der Waals surface area contributed by atoms with Crippen LogP contribution in [-0.4, -0.2) is 18.0 Å². The van der Waals surface area contributed by atoms with E-state index in [-0.39, 0.29) is 0 Å². The number of anilines is 1. The van der Waals surface area contributed by atoms with Gasteiger partial charge in [0.1, 0.15) is 0 Å². The van der Waals surface area contributed by atoms with Crippen LogP contribution in [0.25, 0.3) is 23.3 Å². The van der Waals surface area contributed by atoms with E-state index in [2.05, 4.69) is 55.1 Å². The summed E-state index contributed by atoms with van der Waals surface area (Å²) in [6, 6.07) is 21.2. The molecule has 0 bridgehead atoms. The number of halogens is 1. The largest absolute Gasteiger partial charge is 0.372 e. The predicted octanol–water partition coefficient (Wildman–Crippen LogP) is 11.1. The molecule has 0 heterocycles. The summed E-state index contributed by atoms with van der Waals surface area (Å²) in [5, 5.41) is 10.8. The molecule has 5 heteroatoms. The normalized spacial score (nSPS) is 11.3. The summed E-state index contributed by atoms with van der Waals surface area (Å²) < 4.78 is 13.9. The molecule has 0 aromatic heterocycles. The van der Waals surface area contributed by atoms with Crippen LogP contribution in [0.1, 0.15) is 102 Å². The van der Waals surface area contributed by atoms with Crippen LogP contribution in [0.5, 0.6) is 0 Å². The van der Waals surface area contributed by atoms with Crippen LogP contribution < -0.4 is 4.90 Å². The summed E-state index contributed by atoms with van der Waals surface area (Å²) in [4.78, 5) is 12.7. The van der Waals surface area contributed by atoms with E-state index in [4.69, 9.17) is 0 Å². The first kappa shape index (κ1) is 32.0. The van der Waals surface area contributed by atoms with Gasteiger partial charge in [0.2, 0.25) is 5.82 Å². The Labute approximate surface area is 246 Å². The highest BCUT2D eigenvalue weighted by molar-refractivity contribution is 5.73. The number of rotatable bonds is 19. The van der Waals surface area contributed by atoms with Crippen molar-refractivity contribution in [3.05, 3.63) is 93.8 Å². The molecule has 3 aromatic carbocycles. The lowest BCUT2D eigenvalue weighted by molar-refractivity contribution is -0.387. The minimum atomic E-state index is -0.826. The second-order valence-electron chi connectivity index (χ2n) is 11.0. The van der Waals surface area contributed by atoms with Gasteiger partial charge in [-0.15, -0.1) is 0 Å². The molecule has 0 unspecified atom stereocenters. The van der Waals surface area contributed by atoms with Gasteiger partial charge in [0.25, 0.3) is 0 Å². The highest BCUT2D eigenvalue weighted by Gasteiger charge is 2.13. The van der Waals surface area contributed by atoms with E-state index in [1.807, 2.05) is 18.2 Å². The Kier molecular flexibility index (Phi) is 14.1. The smallest absolute Gasteiger partial charge is 0.304 e. The number of hydrogen-bond acceptors (Lipinski definition) is 3. The van der Waals surface area contributed by atoms with Gasteiger partial charge < -0.3 is 4.90 Å². The molecule has 0 aliphatic carbocycles. The topological polar surface area (TPSA) is 46.4 Å². The van der Waals surface area contributed by atoms with Crippen LogP contribution in [0, 0.1) is 15.9 Å². The Morgan fingerprint density at radius 3 is 1.63 bits per heavy atom. The molecule has 4 nitrogen and oxygen atoms in total. The fourth-order valence-electron chi connectivity index (χ4n) is 5.15. The van der Waals surface area contributed by atoms with Gasteiger partial charge in [-0.05, 0) is 59.4 Å². The first-order valence-corrected chi connectivity index (χ1v) is 15.6. The van der Waals surface area contributed by atoms with E-state index in [1.54, 1.807) is 12.1 Å². The SMILES string of the molecule is CCCCCCCCN(CCCCCCCC)c1ccc(-c2ccc(/C=C/c3ccc([N+](=O)[O-])c(F)c3)cc2)cc1. The third-order valence-electron chi connectivity index (χ3n) is 7.68. The first-order chi connectivity index (χ1) is 20.0. The summed E-state index contributed by atoms with van der Waals surface area (Å²) in [7, 11) is 0. The maximum absolute atomic E-state index is 13.9. The van der Waals surface area contributed by atoms with Crippen molar-refractivity contribution in [3.63, 3.8) is 0 Å². The lowest BCUT2D eigenvalue weighted by Gasteiger charge is -2.25. The number of benzene rings is 3. The van der Waals surface area contributed by atoms with E-state index in [0.29, 0.717) is 5.56 Å². The van der Waals surface area contributed by atoms with Crippen LogP contribution in [0.3, 0.4) is 0 Å². The van der Waals surface area contributed by atoms with E-state index in [1.165, 1.54) is 100 Å². The lowest BCUT2D eigenvalue weighted by Crippen LogP contribution is -2.25. The third kappa shape index (κ3) is 11.1. The number of unbranched alkanes of at least 4 members (excludes halogenated alkanes) is 10. The second-order valence-corrected chi connectivity index (χ2v) is 11.0. The summed E-state index contributed by atoms with van der Waals surface area (Å²) in [5.74, 6) is -0.826. The highest BCUT2D eigenvalue weighted by Crippen LogP contribution is 2.26. The molecule has 0 radical (unpaired) electrons. The van der Waals surface area contributed by atoms with Crippen molar-refractivity contribution in [1.29, 1.82) is 0 Å². The molecule has 41 heavy (non-hydrogen) atoms. The Hall–Kier alpha value is -3.47. The van der Waals surface area contributed by atoms with Gasteiger partial charge in [-0.2, -0.15) is 4.39 Å². The van der Waals surface area contributed by atoms with E-state index in [9.17, 15) is 14.5 Å². The summed E-state index contributed by atoms with van der Waals surface area (Å²) in [6.45, 7) is 6.79. The van der Waals surface area contributed by atoms with Crippen LogP contribution in [0.4, 0.5) is 15.8 Å². The van der Waals surface area contributed by atoms with Crippen molar-refractivity contribution in [2.75, 3.05) is 18.0 Å². The molecule has 0 saturated carbocycles. The van der Waals surface area contributed by atoms with Gasteiger partial charge in [0.05, 0.1) is 4.92 Å². The fraction of sp³-hybridized carbons (Fsp3) is 0.444. The molecule has 0 amide bonds. The zero-order valence-corrected chi connectivity index (χ0v) is 25.0. The van der Waals surface area contributed by atoms with Crippen molar-refractivity contribution in [1.82, 2.24) is 0 Å². The molecule has 0 saturated heterocycles. The monoisotopic (exact) mass is 558 g/mol. The number of nitro benzene ring substituents is 1. The molecular weight excluding hydrogens is 511 g/mol. The molecule has 0 atom stereocenters. The molecule has 0 aliphatic rings. The Bertz CT molecular complexity index is 1190. The highest BCUT2D eigenvalue weighted by atomic mass is 19.1. The predicted molar refractivity (Wildman–Crippen MR) is 173 cm³/mol. The van der Waals surface area contributed by atoms with E-state index >= 15 is 0 Å². The van der Waals surface area contributed by atoms with Gasteiger partial charge in [0, 0.05) is 24.8 Å². The van der Waals surface area contributed by atoms with Crippen molar-refractivity contribution >= 4 is 23.5 Å². The van der Waals surface area contributed by atoms with Crippen LogP contribution in [0.2, 0.25) is 0 Å².